The van der Waals surface area contributed by atoms with Crippen LogP contribution in [0.25, 0.3) is 21.1 Å². The Morgan fingerprint density at radius 3 is 2.58 bits per heavy atom. The molecule has 1 N–H and O–H groups in total. The highest BCUT2D eigenvalue weighted by Crippen LogP contribution is 2.36. The molecule has 0 aliphatic rings. The lowest BCUT2D eigenvalue weighted by molar-refractivity contribution is -0.144. The lowest BCUT2D eigenvalue weighted by Crippen LogP contribution is -2.15. The van der Waals surface area contributed by atoms with Crippen LogP contribution in [-0.4, -0.2) is 34.1 Å². The number of ether oxygens (including phenoxy) is 2. The van der Waals surface area contributed by atoms with Crippen molar-refractivity contribution in [3.05, 3.63) is 88.7 Å². The topological polar surface area (TPSA) is 116 Å². The number of anilines is 1. The van der Waals surface area contributed by atoms with E-state index in [0.29, 0.717) is 11.4 Å². The highest BCUT2D eigenvalue weighted by molar-refractivity contribution is 7.17. The SMILES string of the molecule is COc1ccccc1NC(=O)Cc1noc(COC(=O)Cc2sc(-c3ccccc3)nc2-c2cccs2)n1. The largest absolute Gasteiger partial charge is 0.495 e. The first-order chi connectivity index (χ1) is 18.6. The number of carbonyl (C=O) groups is 2. The van der Waals surface area contributed by atoms with Gasteiger partial charge in [0, 0.05) is 10.4 Å². The van der Waals surface area contributed by atoms with E-state index in [-0.39, 0.29) is 37.1 Å². The van der Waals surface area contributed by atoms with Gasteiger partial charge in [-0.3, -0.25) is 9.59 Å². The van der Waals surface area contributed by atoms with E-state index < -0.39 is 5.97 Å². The van der Waals surface area contributed by atoms with E-state index in [2.05, 4.69) is 15.5 Å². The van der Waals surface area contributed by atoms with Crippen LogP contribution < -0.4 is 10.1 Å². The molecule has 3 aromatic heterocycles. The van der Waals surface area contributed by atoms with Gasteiger partial charge in [-0.05, 0) is 23.6 Å². The standard InChI is InChI=1S/C27H22N4O5S2/c1-34-19-11-6-5-10-18(19)28-23(32)15-22-29-24(36-31-22)16-35-25(33)14-21-26(20-12-7-13-37-20)30-27(38-21)17-8-3-2-4-9-17/h2-13H,14-16H2,1H3,(H,28,32). The maximum Gasteiger partial charge on any atom is 0.311 e. The predicted octanol–water partition coefficient (Wildman–Crippen LogP) is 5.40. The molecule has 38 heavy (non-hydrogen) atoms. The van der Waals surface area contributed by atoms with E-state index in [1.54, 1.807) is 35.6 Å². The molecule has 5 aromatic rings. The fraction of sp³-hybridized carbons (Fsp3) is 0.148. The highest BCUT2D eigenvalue weighted by atomic mass is 32.1. The molecule has 0 fully saturated rings. The number of nitrogens with zero attached hydrogens (tertiary/aromatic N) is 3. The molecule has 0 radical (unpaired) electrons. The first-order valence-corrected chi connectivity index (χ1v) is 13.3. The molecule has 0 saturated heterocycles. The number of para-hydroxylation sites is 2. The average molecular weight is 547 g/mol. The van der Waals surface area contributed by atoms with E-state index in [9.17, 15) is 9.59 Å². The summed E-state index contributed by atoms with van der Waals surface area (Å²) in [4.78, 5) is 35.8. The van der Waals surface area contributed by atoms with Gasteiger partial charge in [0.05, 0.1) is 36.2 Å². The van der Waals surface area contributed by atoms with Gasteiger partial charge in [0.2, 0.25) is 5.91 Å². The Bertz CT molecular complexity index is 1530. The number of benzene rings is 2. The van der Waals surface area contributed by atoms with Crippen molar-refractivity contribution in [2.75, 3.05) is 12.4 Å². The third kappa shape index (κ3) is 6.13. The van der Waals surface area contributed by atoms with Gasteiger partial charge in [-0.15, -0.1) is 22.7 Å². The van der Waals surface area contributed by atoms with Crippen LogP contribution in [0.4, 0.5) is 5.69 Å². The number of hydrogen-bond acceptors (Lipinski definition) is 10. The number of thiazole rings is 1. The van der Waals surface area contributed by atoms with E-state index >= 15 is 0 Å². The number of methoxy groups -OCH3 is 1. The Balaban J connectivity index is 1.19. The number of rotatable bonds is 10. The molecule has 0 saturated carbocycles. The van der Waals surface area contributed by atoms with Gasteiger partial charge in [-0.25, -0.2) is 4.98 Å². The van der Waals surface area contributed by atoms with Gasteiger partial charge in [0.15, 0.2) is 12.4 Å². The maximum atomic E-state index is 12.7. The summed E-state index contributed by atoms with van der Waals surface area (Å²) in [5, 5.41) is 9.38. The van der Waals surface area contributed by atoms with Gasteiger partial charge in [-0.1, -0.05) is 53.7 Å². The predicted molar refractivity (Wildman–Crippen MR) is 144 cm³/mol. The molecule has 0 bridgehead atoms. The van der Waals surface area contributed by atoms with E-state index in [0.717, 1.165) is 26.0 Å². The molecular formula is C27H22N4O5S2. The van der Waals surface area contributed by atoms with E-state index in [4.69, 9.17) is 19.0 Å². The zero-order valence-electron chi connectivity index (χ0n) is 20.2. The van der Waals surface area contributed by atoms with Crippen molar-refractivity contribution in [3.8, 4) is 26.9 Å². The van der Waals surface area contributed by atoms with Crippen molar-refractivity contribution in [3.63, 3.8) is 0 Å². The fourth-order valence-electron chi connectivity index (χ4n) is 3.61. The second-order valence-corrected chi connectivity index (χ2v) is 10.0. The molecule has 0 aliphatic heterocycles. The van der Waals surface area contributed by atoms with Crippen LogP contribution in [0.15, 0.2) is 76.6 Å². The van der Waals surface area contributed by atoms with Crippen LogP contribution in [0.2, 0.25) is 0 Å². The molecule has 0 spiro atoms. The average Bonchev–Trinajstić information content (AvgIpc) is 3.70. The summed E-state index contributed by atoms with van der Waals surface area (Å²) in [7, 11) is 1.53. The van der Waals surface area contributed by atoms with Crippen LogP contribution >= 0.6 is 22.7 Å². The van der Waals surface area contributed by atoms with E-state index in [1.165, 1.54) is 18.4 Å². The third-order valence-corrected chi connectivity index (χ3v) is 7.33. The highest BCUT2D eigenvalue weighted by Gasteiger charge is 2.20. The molecule has 1 amide bonds. The molecule has 0 unspecified atom stereocenters. The zero-order chi connectivity index (χ0) is 26.3. The van der Waals surface area contributed by atoms with Gasteiger partial charge >= 0.3 is 5.97 Å². The summed E-state index contributed by atoms with van der Waals surface area (Å²) in [6.07, 6.45) is -0.0527. The van der Waals surface area contributed by atoms with Gasteiger partial charge < -0.3 is 19.3 Å². The zero-order valence-corrected chi connectivity index (χ0v) is 21.9. The number of carbonyl (C=O) groups excluding carboxylic acids is 2. The van der Waals surface area contributed by atoms with Crippen LogP contribution in [-0.2, 0) is 33.8 Å². The number of thiophene rings is 1. The van der Waals surface area contributed by atoms with Crippen LogP contribution in [0.3, 0.4) is 0 Å². The van der Waals surface area contributed by atoms with Gasteiger partial charge in [-0.2, -0.15) is 4.98 Å². The van der Waals surface area contributed by atoms with Crippen molar-refractivity contribution in [1.82, 2.24) is 15.1 Å². The maximum absolute atomic E-state index is 12.7. The third-order valence-electron chi connectivity index (χ3n) is 5.34. The van der Waals surface area contributed by atoms with Crippen molar-refractivity contribution < 1.29 is 23.6 Å². The first kappa shape index (κ1) is 25.3. The Morgan fingerprint density at radius 2 is 1.79 bits per heavy atom. The molecule has 9 nitrogen and oxygen atoms in total. The summed E-state index contributed by atoms with van der Waals surface area (Å²) in [5.74, 6) is 0.0457. The minimum atomic E-state index is -0.445. The normalized spacial score (nSPS) is 10.8. The van der Waals surface area contributed by atoms with Crippen molar-refractivity contribution in [2.24, 2.45) is 0 Å². The van der Waals surface area contributed by atoms with Crippen LogP contribution in [0.5, 0.6) is 5.75 Å². The quantitative estimate of drug-likeness (QED) is 0.232. The molecule has 192 valence electrons. The Hall–Kier alpha value is -4.35. The first-order valence-electron chi connectivity index (χ1n) is 11.6. The van der Waals surface area contributed by atoms with Crippen molar-refractivity contribution >= 4 is 40.2 Å². The minimum absolute atomic E-state index is 0.0556. The van der Waals surface area contributed by atoms with Crippen LogP contribution in [0, 0.1) is 0 Å². The Labute approximate surface area is 226 Å². The molecular weight excluding hydrogens is 524 g/mol. The minimum Gasteiger partial charge on any atom is -0.495 e. The summed E-state index contributed by atoms with van der Waals surface area (Å²) >= 11 is 3.03. The van der Waals surface area contributed by atoms with Crippen molar-refractivity contribution in [2.45, 2.75) is 19.4 Å². The smallest absolute Gasteiger partial charge is 0.311 e. The molecule has 0 aliphatic carbocycles. The number of hydrogen-bond donors (Lipinski definition) is 1. The molecule has 3 heterocycles. The number of nitrogens with one attached hydrogen (secondary N) is 1. The number of esters is 1. The van der Waals surface area contributed by atoms with E-state index in [1.807, 2.05) is 47.8 Å². The second kappa shape index (κ2) is 11.8. The van der Waals surface area contributed by atoms with Crippen molar-refractivity contribution in [1.29, 1.82) is 0 Å². The Morgan fingerprint density at radius 1 is 0.974 bits per heavy atom. The molecule has 11 heteroatoms. The molecule has 5 rings (SSSR count). The lowest BCUT2D eigenvalue weighted by atomic mass is 10.2. The van der Waals surface area contributed by atoms with Crippen LogP contribution in [0.1, 0.15) is 16.6 Å². The van der Waals surface area contributed by atoms with Gasteiger partial charge in [0.1, 0.15) is 10.8 Å². The lowest BCUT2D eigenvalue weighted by Gasteiger charge is -2.08. The van der Waals surface area contributed by atoms with Gasteiger partial charge in [0.25, 0.3) is 5.89 Å². The molecule has 0 atom stereocenters. The fourth-order valence-corrected chi connectivity index (χ4v) is 5.48. The summed E-state index contributed by atoms with van der Waals surface area (Å²) < 4.78 is 15.8. The number of aromatic nitrogens is 3. The summed E-state index contributed by atoms with van der Waals surface area (Å²) in [6.45, 7) is -0.196. The molecule has 2 aromatic carbocycles. The second-order valence-electron chi connectivity index (χ2n) is 8.00. The Kier molecular flexibility index (Phi) is 7.86. The number of amides is 1. The monoisotopic (exact) mass is 546 g/mol. The summed E-state index contributed by atoms with van der Waals surface area (Å²) in [5.41, 5.74) is 2.31. The summed E-state index contributed by atoms with van der Waals surface area (Å²) in [6, 6.07) is 20.8.